The second-order valence-corrected chi connectivity index (χ2v) is 6.73. The van der Waals surface area contributed by atoms with Crippen molar-refractivity contribution < 1.29 is 9.84 Å². The Morgan fingerprint density at radius 3 is 2.50 bits per heavy atom. The van der Waals surface area contributed by atoms with Crippen molar-refractivity contribution in [3.8, 4) is 5.75 Å². The highest BCUT2D eigenvalue weighted by molar-refractivity contribution is 9.11. The molecule has 0 spiro atoms. The average molecular weight is 422 g/mol. The van der Waals surface area contributed by atoms with Gasteiger partial charge in [-0.2, -0.15) is 0 Å². The minimum Gasteiger partial charge on any atom is -0.487 e. The number of rotatable bonds is 4. The molecule has 3 rings (SSSR count). The number of hydrogen-bond acceptors (Lipinski definition) is 2. The van der Waals surface area contributed by atoms with Gasteiger partial charge in [0.15, 0.2) is 0 Å². The summed E-state index contributed by atoms with van der Waals surface area (Å²) in [5.74, 6) is 0.679. The first-order chi connectivity index (χ1) is 10.7. The quantitative estimate of drug-likeness (QED) is 0.608. The number of benzene rings is 3. The molecule has 4 heteroatoms. The second-order valence-electron chi connectivity index (χ2n) is 4.96. The topological polar surface area (TPSA) is 29.5 Å². The fourth-order valence-electron chi connectivity index (χ4n) is 2.46. The van der Waals surface area contributed by atoms with Gasteiger partial charge in [0.1, 0.15) is 12.4 Å². The predicted molar refractivity (Wildman–Crippen MR) is 96.0 cm³/mol. The van der Waals surface area contributed by atoms with Crippen LogP contribution in [0, 0.1) is 0 Å². The van der Waals surface area contributed by atoms with E-state index in [1.807, 2.05) is 30.3 Å². The molecule has 0 atom stereocenters. The summed E-state index contributed by atoms with van der Waals surface area (Å²) < 4.78 is 7.71. The summed E-state index contributed by atoms with van der Waals surface area (Å²) in [6, 6.07) is 18.2. The van der Waals surface area contributed by atoms with Gasteiger partial charge in [0, 0.05) is 10.0 Å². The standard InChI is InChI=1S/C18H14Br2O2/c19-15-8-14(10-21)18(17(20)9-15)22-11-13-6-3-5-12-4-1-2-7-16(12)13/h1-9,21H,10-11H2. The second kappa shape index (κ2) is 6.82. The van der Waals surface area contributed by atoms with Crippen molar-refractivity contribution >= 4 is 42.6 Å². The first kappa shape index (κ1) is 15.5. The maximum Gasteiger partial charge on any atom is 0.139 e. The molecule has 22 heavy (non-hydrogen) atoms. The van der Waals surface area contributed by atoms with Crippen molar-refractivity contribution in [2.24, 2.45) is 0 Å². The van der Waals surface area contributed by atoms with Gasteiger partial charge >= 0.3 is 0 Å². The summed E-state index contributed by atoms with van der Waals surface area (Å²) >= 11 is 6.92. The van der Waals surface area contributed by atoms with Crippen LogP contribution in [0.25, 0.3) is 10.8 Å². The van der Waals surface area contributed by atoms with E-state index < -0.39 is 0 Å². The van der Waals surface area contributed by atoms with Crippen LogP contribution >= 0.6 is 31.9 Å². The lowest BCUT2D eigenvalue weighted by atomic mass is 10.1. The van der Waals surface area contributed by atoms with Crippen LogP contribution < -0.4 is 4.74 Å². The molecule has 0 heterocycles. The van der Waals surface area contributed by atoms with E-state index in [1.54, 1.807) is 0 Å². The van der Waals surface area contributed by atoms with Crippen molar-refractivity contribution in [2.75, 3.05) is 0 Å². The predicted octanol–water partition coefficient (Wildman–Crippen LogP) is 5.44. The SMILES string of the molecule is OCc1cc(Br)cc(Br)c1OCc1cccc2ccccc12. The van der Waals surface area contributed by atoms with Crippen LogP contribution in [-0.2, 0) is 13.2 Å². The minimum atomic E-state index is -0.0666. The van der Waals surface area contributed by atoms with Gasteiger partial charge in [-0.1, -0.05) is 58.4 Å². The van der Waals surface area contributed by atoms with E-state index >= 15 is 0 Å². The third-order valence-electron chi connectivity index (χ3n) is 3.51. The molecule has 0 aliphatic carbocycles. The number of fused-ring (bicyclic) bond motifs is 1. The molecule has 1 N–H and O–H groups in total. The van der Waals surface area contributed by atoms with Gasteiger partial charge in [-0.3, -0.25) is 0 Å². The normalized spacial score (nSPS) is 10.9. The molecule has 0 unspecified atom stereocenters. The molecular weight excluding hydrogens is 408 g/mol. The highest BCUT2D eigenvalue weighted by Crippen LogP contribution is 2.34. The zero-order valence-electron chi connectivity index (χ0n) is 11.7. The fraction of sp³-hybridized carbons (Fsp3) is 0.111. The summed E-state index contributed by atoms with van der Waals surface area (Å²) in [5.41, 5.74) is 1.87. The van der Waals surface area contributed by atoms with E-state index in [-0.39, 0.29) is 6.61 Å². The lowest BCUT2D eigenvalue weighted by molar-refractivity contribution is 0.258. The Morgan fingerprint density at radius 2 is 1.68 bits per heavy atom. The lowest BCUT2D eigenvalue weighted by Crippen LogP contribution is -2.00. The molecule has 0 bridgehead atoms. The molecule has 0 aliphatic heterocycles. The Hall–Kier alpha value is -1.36. The molecular formula is C18H14Br2O2. The fourth-order valence-corrected chi connectivity index (χ4v) is 3.89. The van der Waals surface area contributed by atoms with Gasteiger partial charge < -0.3 is 9.84 Å². The summed E-state index contributed by atoms with van der Waals surface area (Å²) in [6.45, 7) is 0.386. The summed E-state index contributed by atoms with van der Waals surface area (Å²) in [4.78, 5) is 0. The number of aliphatic hydroxyl groups is 1. The van der Waals surface area contributed by atoms with Crippen LogP contribution in [-0.4, -0.2) is 5.11 Å². The molecule has 0 aliphatic rings. The zero-order chi connectivity index (χ0) is 15.5. The molecule has 0 saturated heterocycles. The maximum absolute atomic E-state index is 9.51. The Morgan fingerprint density at radius 1 is 0.909 bits per heavy atom. The Labute approximate surface area is 146 Å². The zero-order valence-corrected chi connectivity index (χ0v) is 14.9. The smallest absolute Gasteiger partial charge is 0.139 e. The van der Waals surface area contributed by atoms with Gasteiger partial charge in [0.25, 0.3) is 0 Å². The number of hydrogen-bond donors (Lipinski definition) is 1. The van der Waals surface area contributed by atoms with Crippen molar-refractivity contribution in [1.29, 1.82) is 0 Å². The van der Waals surface area contributed by atoms with Crippen LogP contribution in [0.1, 0.15) is 11.1 Å². The molecule has 0 fully saturated rings. The van der Waals surface area contributed by atoms with Gasteiger partial charge in [-0.25, -0.2) is 0 Å². The molecule has 0 amide bonds. The molecule has 0 radical (unpaired) electrons. The van der Waals surface area contributed by atoms with Gasteiger partial charge in [-0.15, -0.1) is 0 Å². The van der Waals surface area contributed by atoms with Crippen molar-refractivity contribution in [2.45, 2.75) is 13.2 Å². The molecule has 3 aromatic rings. The van der Waals surface area contributed by atoms with E-state index in [1.165, 1.54) is 10.8 Å². The maximum atomic E-state index is 9.51. The van der Waals surface area contributed by atoms with Crippen LogP contribution in [0.2, 0.25) is 0 Å². The van der Waals surface area contributed by atoms with Crippen LogP contribution in [0.15, 0.2) is 63.5 Å². The highest BCUT2D eigenvalue weighted by Gasteiger charge is 2.10. The number of halogens is 2. The molecule has 0 saturated carbocycles. The van der Waals surface area contributed by atoms with Crippen LogP contribution in [0.4, 0.5) is 0 Å². The lowest BCUT2D eigenvalue weighted by Gasteiger charge is -2.14. The average Bonchev–Trinajstić information content (AvgIpc) is 2.53. The van der Waals surface area contributed by atoms with Crippen molar-refractivity contribution in [1.82, 2.24) is 0 Å². The van der Waals surface area contributed by atoms with E-state index in [0.29, 0.717) is 12.4 Å². The molecule has 3 aromatic carbocycles. The summed E-state index contributed by atoms with van der Waals surface area (Å²) in [6.07, 6.45) is 0. The van der Waals surface area contributed by atoms with Crippen LogP contribution in [0.3, 0.4) is 0 Å². The molecule has 112 valence electrons. The molecule has 2 nitrogen and oxygen atoms in total. The number of aliphatic hydroxyl groups excluding tert-OH is 1. The van der Waals surface area contributed by atoms with E-state index in [0.717, 1.165) is 20.1 Å². The first-order valence-electron chi connectivity index (χ1n) is 6.87. The van der Waals surface area contributed by atoms with Gasteiger partial charge in [0.05, 0.1) is 11.1 Å². The third-order valence-corrected chi connectivity index (χ3v) is 4.55. The third kappa shape index (κ3) is 3.19. The first-order valence-corrected chi connectivity index (χ1v) is 8.46. The minimum absolute atomic E-state index is 0.0666. The van der Waals surface area contributed by atoms with E-state index in [9.17, 15) is 5.11 Å². The molecule has 0 aromatic heterocycles. The van der Waals surface area contributed by atoms with Gasteiger partial charge in [0.2, 0.25) is 0 Å². The van der Waals surface area contributed by atoms with Crippen LogP contribution in [0.5, 0.6) is 5.75 Å². The van der Waals surface area contributed by atoms with E-state index in [4.69, 9.17) is 4.74 Å². The Bertz CT molecular complexity index is 810. The van der Waals surface area contributed by atoms with Crippen molar-refractivity contribution in [3.05, 3.63) is 74.7 Å². The Balaban J connectivity index is 1.92. The monoisotopic (exact) mass is 420 g/mol. The largest absolute Gasteiger partial charge is 0.487 e. The summed E-state index contributed by atoms with van der Waals surface area (Å²) in [5, 5.41) is 11.9. The van der Waals surface area contributed by atoms with E-state index in [2.05, 4.69) is 56.1 Å². The van der Waals surface area contributed by atoms with Gasteiger partial charge in [-0.05, 0) is 44.4 Å². The number of ether oxygens (including phenoxy) is 1. The van der Waals surface area contributed by atoms with Crippen molar-refractivity contribution in [3.63, 3.8) is 0 Å². The summed E-state index contributed by atoms with van der Waals surface area (Å²) in [7, 11) is 0. The Kier molecular flexibility index (Phi) is 4.81. The highest BCUT2D eigenvalue weighted by atomic mass is 79.9.